The Hall–Kier alpha value is -1.79. The van der Waals surface area contributed by atoms with Crippen molar-refractivity contribution in [3.05, 3.63) is 0 Å². The summed E-state index contributed by atoms with van der Waals surface area (Å²) in [7, 11) is 0. The predicted octanol–water partition coefficient (Wildman–Crippen LogP) is 0.845. The van der Waals surface area contributed by atoms with Crippen LogP contribution in [0, 0.1) is 0 Å². The van der Waals surface area contributed by atoms with Crippen LogP contribution < -0.4 is 16.0 Å². The van der Waals surface area contributed by atoms with E-state index in [1.54, 1.807) is 0 Å². The first-order valence-electron chi connectivity index (χ1n) is 6.98. The highest BCUT2D eigenvalue weighted by atomic mass is 16.4. The third-order valence-electron chi connectivity index (χ3n) is 2.71. The number of nitrogens with one attached hydrogen (secondary N) is 3. The highest BCUT2D eigenvalue weighted by Gasteiger charge is 2.09. The minimum absolute atomic E-state index is 0.0499. The number of unbranched alkanes of at least 4 members (excludes halogenated alkanes) is 3. The van der Waals surface area contributed by atoms with Crippen LogP contribution in [0.5, 0.6) is 0 Å². The molecule has 0 fully saturated rings. The molecule has 1 unspecified atom stereocenters. The average Bonchev–Trinajstić information content (AvgIpc) is 2.39. The Kier molecular flexibility index (Phi) is 10.1. The van der Waals surface area contributed by atoms with E-state index in [1.165, 1.54) is 12.8 Å². The monoisotopic (exact) mass is 287 g/mol. The van der Waals surface area contributed by atoms with Crippen molar-refractivity contribution in [3.63, 3.8) is 0 Å². The summed E-state index contributed by atoms with van der Waals surface area (Å²) in [6.07, 6.45) is 5.49. The molecule has 0 bridgehead atoms. The van der Waals surface area contributed by atoms with Crippen molar-refractivity contribution in [1.82, 2.24) is 16.0 Å². The number of amides is 3. The summed E-state index contributed by atoms with van der Waals surface area (Å²) in [5.74, 6) is -1.65. The highest BCUT2D eigenvalue weighted by Crippen LogP contribution is 2.04. The first-order chi connectivity index (χ1) is 9.45. The Bertz CT molecular complexity index is 321. The van der Waals surface area contributed by atoms with Crippen LogP contribution in [0.15, 0.2) is 0 Å². The van der Waals surface area contributed by atoms with E-state index in [0.717, 1.165) is 19.3 Å². The van der Waals surface area contributed by atoms with Gasteiger partial charge in [0.05, 0.1) is 6.54 Å². The maximum Gasteiger partial charge on any atom is 0.322 e. The molecule has 0 heterocycles. The van der Waals surface area contributed by atoms with Crippen molar-refractivity contribution < 1.29 is 19.5 Å². The summed E-state index contributed by atoms with van der Waals surface area (Å²) < 4.78 is 0. The molecular weight excluding hydrogens is 262 g/mol. The molecule has 0 aromatic carbocycles. The molecule has 7 heteroatoms. The molecule has 0 aliphatic carbocycles. The van der Waals surface area contributed by atoms with Crippen LogP contribution in [0.4, 0.5) is 4.79 Å². The summed E-state index contributed by atoms with van der Waals surface area (Å²) in [4.78, 5) is 32.9. The molecule has 0 saturated carbocycles. The van der Waals surface area contributed by atoms with Crippen molar-refractivity contribution in [2.75, 3.05) is 13.1 Å². The highest BCUT2D eigenvalue weighted by molar-refractivity contribution is 5.86. The van der Waals surface area contributed by atoms with Gasteiger partial charge in [-0.15, -0.1) is 0 Å². The first kappa shape index (κ1) is 18.2. The summed E-state index contributed by atoms with van der Waals surface area (Å²) >= 11 is 0. The third-order valence-corrected chi connectivity index (χ3v) is 2.71. The van der Waals surface area contributed by atoms with Gasteiger partial charge in [-0.2, -0.15) is 0 Å². The molecule has 0 rings (SSSR count). The smallest absolute Gasteiger partial charge is 0.322 e. The lowest BCUT2D eigenvalue weighted by Crippen LogP contribution is -2.45. The molecule has 116 valence electrons. The summed E-state index contributed by atoms with van der Waals surface area (Å²) in [5, 5.41) is 15.6. The predicted molar refractivity (Wildman–Crippen MR) is 75.4 cm³/mol. The van der Waals surface area contributed by atoms with Crippen molar-refractivity contribution >= 4 is 17.9 Å². The van der Waals surface area contributed by atoms with Gasteiger partial charge in [0.1, 0.15) is 6.54 Å². The second kappa shape index (κ2) is 11.1. The maximum atomic E-state index is 11.5. The van der Waals surface area contributed by atoms with Gasteiger partial charge in [-0.1, -0.05) is 32.6 Å². The van der Waals surface area contributed by atoms with E-state index >= 15 is 0 Å². The number of carbonyl (C=O) groups excluding carboxylic acids is 2. The van der Waals surface area contributed by atoms with Gasteiger partial charge in [-0.3, -0.25) is 9.59 Å². The Labute approximate surface area is 119 Å². The van der Waals surface area contributed by atoms with Crippen LogP contribution in [-0.2, 0) is 9.59 Å². The van der Waals surface area contributed by atoms with E-state index in [9.17, 15) is 14.4 Å². The maximum absolute atomic E-state index is 11.5. The largest absolute Gasteiger partial charge is 0.480 e. The molecule has 4 N–H and O–H groups in total. The molecule has 1 atom stereocenters. The van der Waals surface area contributed by atoms with Crippen molar-refractivity contribution in [1.29, 1.82) is 0 Å². The van der Waals surface area contributed by atoms with Crippen LogP contribution in [0.25, 0.3) is 0 Å². The lowest BCUT2D eigenvalue weighted by Gasteiger charge is -2.14. The number of carboxylic acids is 1. The Morgan fingerprint density at radius 2 is 1.75 bits per heavy atom. The van der Waals surface area contributed by atoms with Crippen molar-refractivity contribution in [3.8, 4) is 0 Å². The van der Waals surface area contributed by atoms with Crippen molar-refractivity contribution in [2.45, 2.75) is 52.0 Å². The summed E-state index contributed by atoms with van der Waals surface area (Å²) in [6.45, 7) is 3.37. The average molecular weight is 287 g/mol. The van der Waals surface area contributed by atoms with Crippen LogP contribution in [-0.4, -0.2) is 42.1 Å². The number of hydrogen-bond donors (Lipinski definition) is 4. The van der Waals surface area contributed by atoms with Gasteiger partial charge in [0.15, 0.2) is 0 Å². The van der Waals surface area contributed by atoms with E-state index in [0.29, 0.717) is 0 Å². The molecule has 0 aliphatic heterocycles. The topological polar surface area (TPSA) is 108 Å². The molecule has 0 radical (unpaired) electrons. The fourth-order valence-electron chi connectivity index (χ4n) is 1.62. The molecule has 0 spiro atoms. The zero-order valence-corrected chi connectivity index (χ0v) is 12.2. The van der Waals surface area contributed by atoms with Crippen LogP contribution in [0.2, 0.25) is 0 Å². The van der Waals surface area contributed by atoms with Gasteiger partial charge >= 0.3 is 12.0 Å². The number of rotatable bonds is 10. The zero-order chi connectivity index (χ0) is 15.4. The lowest BCUT2D eigenvalue weighted by molar-refractivity contribution is -0.137. The van der Waals surface area contributed by atoms with E-state index < -0.39 is 24.5 Å². The fraction of sp³-hybridized carbons (Fsp3) is 0.769. The Morgan fingerprint density at radius 1 is 1.05 bits per heavy atom. The van der Waals surface area contributed by atoms with Gasteiger partial charge in [-0.25, -0.2) is 4.79 Å². The molecule has 0 saturated heterocycles. The summed E-state index contributed by atoms with van der Waals surface area (Å²) in [6, 6.07) is -0.368. The minimum Gasteiger partial charge on any atom is -0.480 e. The number of carbonyl (C=O) groups is 3. The van der Waals surface area contributed by atoms with Gasteiger partial charge in [0, 0.05) is 6.04 Å². The van der Waals surface area contributed by atoms with Gasteiger partial charge < -0.3 is 21.1 Å². The molecule has 7 nitrogen and oxygen atoms in total. The number of urea groups is 1. The molecule has 0 aliphatic rings. The van der Waals surface area contributed by atoms with E-state index in [2.05, 4.69) is 22.9 Å². The Balaban J connectivity index is 3.66. The molecule has 3 amide bonds. The van der Waals surface area contributed by atoms with Gasteiger partial charge in [-0.05, 0) is 13.3 Å². The number of carboxylic acid groups (broad SMARTS) is 1. The standard InChI is InChI=1S/C13H25N3O4/c1-3-4-5-6-7-10(2)16-13(20)15-8-11(17)14-9-12(18)19/h10H,3-9H2,1-2H3,(H,14,17)(H,18,19)(H2,15,16,20). The number of hydrogen-bond acceptors (Lipinski definition) is 3. The second-order valence-electron chi connectivity index (χ2n) is 4.75. The van der Waals surface area contributed by atoms with Gasteiger partial charge in [0.25, 0.3) is 0 Å². The minimum atomic E-state index is -1.12. The Morgan fingerprint density at radius 3 is 2.35 bits per heavy atom. The lowest BCUT2D eigenvalue weighted by atomic mass is 10.1. The second-order valence-corrected chi connectivity index (χ2v) is 4.75. The summed E-state index contributed by atoms with van der Waals surface area (Å²) in [5.41, 5.74) is 0. The molecule has 20 heavy (non-hydrogen) atoms. The van der Waals surface area contributed by atoms with Crippen LogP contribution >= 0.6 is 0 Å². The molecular formula is C13H25N3O4. The zero-order valence-electron chi connectivity index (χ0n) is 12.2. The van der Waals surface area contributed by atoms with Crippen LogP contribution in [0.3, 0.4) is 0 Å². The third kappa shape index (κ3) is 11.3. The molecule has 0 aromatic rings. The van der Waals surface area contributed by atoms with Crippen molar-refractivity contribution in [2.24, 2.45) is 0 Å². The van der Waals surface area contributed by atoms with E-state index in [-0.39, 0.29) is 12.6 Å². The fourth-order valence-corrected chi connectivity index (χ4v) is 1.62. The van der Waals surface area contributed by atoms with Crippen LogP contribution in [0.1, 0.15) is 46.0 Å². The SMILES string of the molecule is CCCCCCC(C)NC(=O)NCC(=O)NCC(=O)O. The first-order valence-corrected chi connectivity index (χ1v) is 6.98. The van der Waals surface area contributed by atoms with E-state index in [4.69, 9.17) is 5.11 Å². The normalized spacial score (nSPS) is 11.5. The molecule has 0 aromatic heterocycles. The van der Waals surface area contributed by atoms with E-state index in [1.807, 2.05) is 6.92 Å². The number of aliphatic carboxylic acids is 1. The quantitative estimate of drug-likeness (QED) is 0.447. The van der Waals surface area contributed by atoms with Gasteiger partial charge in [0.2, 0.25) is 5.91 Å².